The molecule has 1 aliphatic heterocycles. The number of hydrogen-bond acceptors (Lipinski definition) is 2. The van der Waals surface area contributed by atoms with Gasteiger partial charge in [-0.2, -0.15) is 0 Å². The molecule has 13 heavy (non-hydrogen) atoms. The number of hydrogen-bond donors (Lipinski definition) is 1. The molecular formula is C9H16ClNO2. The van der Waals surface area contributed by atoms with Crippen LogP contribution < -0.4 is 0 Å². The maximum Gasteiger partial charge on any atom is 0.322 e. The molecule has 2 unspecified atom stereocenters. The second-order valence-electron chi connectivity index (χ2n) is 3.51. The summed E-state index contributed by atoms with van der Waals surface area (Å²) in [6.45, 7) is 3.61. The summed E-state index contributed by atoms with van der Waals surface area (Å²) >= 11 is 5.68. The molecule has 0 aromatic carbocycles. The second kappa shape index (κ2) is 4.82. The third-order valence-corrected chi connectivity index (χ3v) is 2.96. The van der Waals surface area contributed by atoms with Crippen LogP contribution in [0.2, 0.25) is 0 Å². The first-order valence-corrected chi connectivity index (χ1v) is 5.19. The number of carboxylic acid groups (broad SMARTS) is 1. The first-order valence-electron chi connectivity index (χ1n) is 4.76. The molecule has 76 valence electrons. The Labute approximate surface area is 83.7 Å². The molecule has 1 saturated heterocycles. The van der Waals surface area contributed by atoms with Crippen molar-refractivity contribution in [3.63, 3.8) is 0 Å². The lowest BCUT2D eigenvalue weighted by atomic mass is 10.2. The average Bonchev–Trinajstić information content (AvgIpc) is 2.51. The van der Waals surface area contributed by atoms with Gasteiger partial charge in [-0.05, 0) is 25.8 Å². The van der Waals surface area contributed by atoms with E-state index in [1.54, 1.807) is 0 Å². The molecular weight excluding hydrogens is 190 g/mol. The molecule has 0 amide bonds. The summed E-state index contributed by atoms with van der Waals surface area (Å²) in [5.74, 6) is -0.914. The van der Waals surface area contributed by atoms with Crippen LogP contribution in [-0.4, -0.2) is 40.5 Å². The number of alkyl halides is 1. The van der Waals surface area contributed by atoms with Crippen molar-refractivity contribution in [1.29, 1.82) is 0 Å². The zero-order chi connectivity index (χ0) is 9.84. The molecule has 1 heterocycles. The van der Waals surface area contributed by atoms with Crippen LogP contribution >= 0.6 is 11.6 Å². The van der Waals surface area contributed by atoms with Gasteiger partial charge in [0.25, 0.3) is 0 Å². The van der Waals surface area contributed by atoms with E-state index in [4.69, 9.17) is 16.7 Å². The van der Waals surface area contributed by atoms with E-state index in [0.29, 0.717) is 12.6 Å². The van der Waals surface area contributed by atoms with Crippen LogP contribution in [0.1, 0.15) is 26.2 Å². The Kier molecular flexibility index (Phi) is 4.00. The van der Waals surface area contributed by atoms with Crippen molar-refractivity contribution < 1.29 is 9.90 Å². The summed E-state index contributed by atoms with van der Waals surface area (Å²) in [5, 5.41) is 7.89. The number of likely N-dealkylation sites (tertiary alicyclic amines) is 1. The van der Waals surface area contributed by atoms with Crippen molar-refractivity contribution >= 4 is 17.6 Å². The fourth-order valence-electron chi connectivity index (χ4n) is 1.88. The molecule has 0 saturated carbocycles. The minimum Gasteiger partial charge on any atom is -0.480 e. The second-order valence-corrected chi connectivity index (χ2v) is 4.03. The molecule has 1 rings (SSSR count). The highest BCUT2D eigenvalue weighted by Gasteiger charge is 2.26. The lowest BCUT2D eigenvalue weighted by Gasteiger charge is -2.23. The van der Waals surface area contributed by atoms with Crippen LogP contribution in [0.25, 0.3) is 0 Å². The van der Waals surface area contributed by atoms with Gasteiger partial charge in [0.05, 0.1) is 0 Å². The molecule has 0 aromatic heterocycles. The lowest BCUT2D eigenvalue weighted by Crippen LogP contribution is -2.36. The maximum atomic E-state index is 10.5. The van der Waals surface area contributed by atoms with Gasteiger partial charge in [-0.25, -0.2) is 0 Å². The first-order chi connectivity index (χ1) is 6.15. The predicted octanol–water partition coefficient (Wildman–Crippen LogP) is 1.55. The molecule has 3 nitrogen and oxygen atoms in total. The lowest BCUT2D eigenvalue weighted by molar-refractivity contribution is -0.137. The van der Waals surface area contributed by atoms with Gasteiger partial charge in [0.15, 0.2) is 0 Å². The van der Waals surface area contributed by atoms with Gasteiger partial charge in [0.1, 0.15) is 5.38 Å². The number of rotatable bonds is 4. The molecule has 0 aromatic rings. The monoisotopic (exact) mass is 205 g/mol. The van der Waals surface area contributed by atoms with E-state index in [1.807, 2.05) is 0 Å². The number of halogens is 1. The van der Waals surface area contributed by atoms with E-state index in [0.717, 1.165) is 13.0 Å². The highest BCUT2D eigenvalue weighted by Crippen LogP contribution is 2.20. The Hall–Kier alpha value is -0.280. The minimum atomic E-state index is -0.914. The molecule has 0 bridgehead atoms. The van der Waals surface area contributed by atoms with E-state index >= 15 is 0 Å². The van der Waals surface area contributed by atoms with Crippen molar-refractivity contribution in [3.8, 4) is 0 Å². The van der Waals surface area contributed by atoms with Crippen LogP contribution in [0, 0.1) is 0 Å². The van der Waals surface area contributed by atoms with Crippen LogP contribution in [0.3, 0.4) is 0 Å². The molecule has 0 spiro atoms. The number of carbonyl (C=O) groups is 1. The normalized spacial score (nSPS) is 26.2. The quantitative estimate of drug-likeness (QED) is 0.709. The van der Waals surface area contributed by atoms with Crippen LogP contribution in [0.15, 0.2) is 0 Å². The topological polar surface area (TPSA) is 40.5 Å². The zero-order valence-electron chi connectivity index (χ0n) is 7.87. The summed E-state index contributed by atoms with van der Waals surface area (Å²) in [5.41, 5.74) is 0. The van der Waals surface area contributed by atoms with Crippen molar-refractivity contribution in [2.24, 2.45) is 0 Å². The highest BCUT2D eigenvalue weighted by molar-refractivity contribution is 6.29. The minimum absolute atomic E-state index is 0.482. The fourth-order valence-corrected chi connectivity index (χ4v) is 2.06. The summed E-state index contributed by atoms with van der Waals surface area (Å²) in [6, 6.07) is 0.542. The number of nitrogens with zero attached hydrogens (tertiary/aromatic N) is 1. The van der Waals surface area contributed by atoms with Crippen molar-refractivity contribution in [2.75, 3.05) is 13.1 Å². The van der Waals surface area contributed by atoms with E-state index in [-0.39, 0.29) is 0 Å². The van der Waals surface area contributed by atoms with Gasteiger partial charge >= 0.3 is 5.97 Å². The van der Waals surface area contributed by atoms with Crippen molar-refractivity contribution in [1.82, 2.24) is 4.90 Å². The molecule has 1 N–H and O–H groups in total. The maximum absolute atomic E-state index is 10.5. The number of carboxylic acids is 1. The first kappa shape index (κ1) is 10.8. The Morgan fingerprint density at radius 2 is 2.46 bits per heavy atom. The fraction of sp³-hybridized carbons (Fsp3) is 0.889. The van der Waals surface area contributed by atoms with E-state index in [1.165, 1.54) is 12.8 Å². The largest absolute Gasteiger partial charge is 0.480 e. The van der Waals surface area contributed by atoms with Crippen LogP contribution in [0.4, 0.5) is 0 Å². The third kappa shape index (κ3) is 2.85. The Bertz CT molecular complexity index is 186. The molecule has 1 aliphatic rings. The highest BCUT2D eigenvalue weighted by atomic mass is 35.5. The molecule has 1 fully saturated rings. The van der Waals surface area contributed by atoms with Gasteiger partial charge in [0.2, 0.25) is 0 Å². The third-order valence-electron chi connectivity index (χ3n) is 2.63. The van der Waals surface area contributed by atoms with Crippen LogP contribution in [0.5, 0.6) is 0 Å². The summed E-state index contributed by atoms with van der Waals surface area (Å²) < 4.78 is 0. The van der Waals surface area contributed by atoms with E-state index in [9.17, 15) is 4.79 Å². The van der Waals surface area contributed by atoms with Gasteiger partial charge < -0.3 is 5.11 Å². The Balaban J connectivity index is 2.39. The zero-order valence-corrected chi connectivity index (χ0v) is 8.63. The SMILES string of the molecule is CCC1CCCN1CC(Cl)C(=O)O. The standard InChI is InChI=1S/C9H16ClNO2/c1-2-7-4-3-5-11(7)6-8(10)9(12)13/h7-8H,2-6H2,1H3,(H,12,13). The Morgan fingerprint density at radius 3 is 3.00 bits per heavy atom. The van der Waals surface area contributed by atoms with Gasteiger partial charge in [-0.3, -0.25) is 9.69 Å². The smallest absolute Gasteiger partial charge is 0.322 e. The summed E-state index contributed by atoms with van der Waals surface area (Å²) in [6.07, 6.45) is 3.44. The van der Waals surface area contributed by atoms with Gasteiger partial charge in [-0.1, -0.05) is 6.92 Å². The summed E-state index contributed by atoms with van der Waals surface area (Å²) in [7, 11) is 0. The van der Waals surface area contributed by atoms with Crippen molar-refractivity contribution in [2.45, 2.75) is 37.6 Å². The predicted molar refractivity (Wildman–Crippen MR) is 52.2 cm³/mol. The van der Waals surface area contributed by atoms with E-state index in [2.05, 4.69) is 11.8 Å². The van der Waals surface area contributed by atoms with Crippen molar-refractivity contribution in [3.05, 3.63) is 0 Å². The van der Waals surface area contributed by atoms with Gasteiger partial charge in [-0.15, -0.1) is 11.6 Å². The molecule has 0 aliphatic carbocycles. The Morgan fingerprint density at radius 1 is 1.77 bits per heavy atom. The average molecular weight is 206 g/mol. The molecule has 2 atom stereocenters. The van der Waals surface area contributed by atoms with Gasteiger partial charge in [0, 0.05) is 12.6 Å². The number of aliphatic carboxylic acids is 1. The van der Waals surface area contributed by atoms with Crippen LogP contribution in [-0.2, 0) is 4.79 Å². The molecule has 4 heteroatoms. The molecule has 0 radical (unpaired) electrons. The van der Waals surface area contributed by atoms with E-state index < -0.39 is 11.3 Å². The summed E-state index contributed by atoms with van der Waals surface area (Å²) in [4.78, 5) is 12.7.